The van der Waals surface area contributed by atoms with E-state index in [0.717, 1.165) is 35.3 Å². The number of aromatic amines is 1. The number of nitrogens with zero attached hydrogens (tertiary/aromatic N) is 2. The van der Waals surface area contributed by atoms with Gasteiger partial charge in [0, 0.05) is 12.0 Å². The van der Waals surface area contributed by atoms with Gasteiger partial charge in [-0.1, -0.05) is 20.8 Å². The van der Waals surface area contributed by atoms with Gasteiger partial charge < -0.3 is 4.98 Å². The largest absolute Gasteiger partial charge is 0.342 e. The smallest absolute Gasteiger partial charge is 0.300 e. The standard InChI is InChI=1S/C13H17N3O2/c1-4-8-7-10-12(15-11(6-3)14-10)13(16(17)18)9(8)5-2/h7H,4-6H2,1-3H3,(H,14,15). The lowest BCUT2D eigenvalue weighted by Crippen LogP contribution is -2.00. The van der Waals surface area contributed by atoms with Crippen LogP contribution in [0, 0.1) is 10.1 Å². The number of nitro groups is 1. The van der Waals surface area contributed by atoms with E-state index < -0.39 is 0 Å². The first-order valence-corrected chi connectivity index (χ1v) is 6.30. The van der Waals surface area contributed by atoms with Gasteiger partial charge in [0.2, 0.25) is 0 Å². The van der Waals surface area contributed by atoms with Gasteiger partial charge in [-0.25, -0.2) is 4.98 Å². The molecule has 0 aliphatic rings. The molecule has 1 aromatic carbocycles. The van der Waals surface area contributed by atoms with Gasteiger partial charge in [-0.15, -0.1) is 0 Å². The summed E-state index contributed by atoms with van der Waals surface area (Å²) in [5, 5.41) is 11.3. The number of hydrogen-bond donors (Lipinski definition) is 1. The number of imidazole rings is 1. The highest BCUT2D eigenvalue weighted by Gasteiger charge is 2.23. The number of aryl methyl sites for hydroxylation is 2. The third-order valence-electron chi connectivity index (χ3n) is 3.25. The maximum Gasteiger partial charge on any atom is 0.300 e. The van der Waals surface area contributed by atoms with E-state index in [1.807, 2.05) is 26.8 Å². The molecule has 0 saturated carbocycles. The number of benzene rings is 1. The average Bonchev–Trinajstić information content (AvgIpc) is 2.78. The van der Waals surface area contributed by atoms with Gasteiger partial charge in [-0.2, -0.15) is 0 Å². The monoisotopic (exact) mass is 247 g/mol. The maximum atomic E-state index is 11.3. The Hall–Kier alpha value is -1.91. The fraction of sp³-hybridized carbons (Fsp3) is 0.462. The van der Waals surface area contributed by atoms with E-state index in [1.54, 1.807) is 0 Å². The molecule has 0 unspecified atom stereocenters. The van der Waals surface area contributed by atoms with Crippen molar-refractivity contribution in [1.29, 1.82) is 0 Å². The minimum Gasteiger partial charge on any atom is -0.342 e. The second-order valence-corrected chi connectivity index (χ2v) is 4.26. The number of fused-ring (bicyclic) bond motifs is 1. The highest BCUT2D eigenvalue weighted by Crippen LogP contribution is 2.32. The molecule has 0 radical (unpaired) electrons. The van der Waals surface area contributed by atoms with Crippen molar-refractivity contribution in [2.45, 2.75) is 40.0 Å². The predicted octanol–water partition coefficient (Wildman–Crippen LogP) is 3.16. The van der Waals surface area contributed by atoms with Crippen molar-refractivity contribution in [1.82, 2.24) is 9.97 Å². The summed E-state index contributed by atoms with van der Waals surface area (Å²) >= 11 is 0. The number of nitro benzene ring substituents is 1. The Morgan fingerprint density at radius 1 is 1.28 bits per heavy atom. The fourth-order valence-corrected chi connectivity index (χ4v) is 2.35. The zero-order chi connectivity index (χ0) is 13.3. The van der Waals surface area contributed by atoms with Gasteiger partial charge in [0.05, 0.1) is 10.4 Å². The number of nitrogens with one attached hydrogen (secondary N) is 1. The molecule has 1 heterocycles. The van der Waals surface area contributed by atoms with Crippen molar-refractivity contribution < 1.29 is 4.92 Å². The third kappa shape index (κ3) is 1.85. The molecule has 0 amide bonds. The Balaban J connectivity index is 2.85. The molecule has 0 fully saturated rings. The van der Waals surface area contributed by atoms with Crippen LogP contribution < -0.4 is 0 Å². The summed E-state index contributed by atoms with van der Waals surface area (Å²) in [6, 6.07) is 1.99. The zero-order valence-electron chi connectivity index (χ0n) is 10.9. The van der Waals surface area contributed by atoms with Gasteiger partial charge in [-0.3, -0.25) is 10.1 Å². The maximum absolute atomic E-state index is 11.3. The molecule has 96 valence electrons. The average molecular weight is 247 g/mol. The van der Waals surface area contributed by atoms with Crippen molar-refractivity contribution in [2.24, 2.45) is 0 Å². The van der Waals surface area contributed by atoms with Gasteiger partial charge >= 0.3 is 0 Å². The van der Waals surface area contributed by atoms with E-state index in [-0.39, 0.29) is 10.6 Å². The van der Waals surface area contributed by atoms with Crippen molar-refractivity contribution in [3.8, 4) is 0 Å². The molecule has 2 aromatic rings. The summed E-state index contributed by atoms with van der Waals surface area (Å²) in [5.41, 5.74) is 3.27. The van der Waals surface area contributed by atoms with Gasteiger partial charge in [0.25, 0.3) is 5.69 Å². The minimum absolute atomic E-state index is 0.169. The molecular weight excluding hydrogens is 230 g/mol. The number of hydrogen-bond acceptors (Lipinski definition) is 3. The molecule has 0 saturated heterocycles. The first-order chi connectivity index (χ1) is 8.62. The molecule has 0 atom stereocenters. The van der Waals surface area contributed by atoms with E-state index >= 15 is 0 Å². The fourth-order valence-electron chi connectivity index (χ4n) is 2.35. The molecule has 1 aromatic heterocycles. The first kappa shape index (κ1) is 12.5. The van der Waals surface area contributed by atoms with Crippen molar-refractivity contribution in [3.63, 3.8) is 0 Å². The Kier molecular flexibility index (Phi) is 3.32. The summed E-state index contributed by atoms with van der Waals surface area (Å²) in [6.07, 6.45) is 2.19. The van der Waals surface area contributed by atoms with Crippen LogP contribution in [0.25, 0.3) is 11.0 Å². The predicted molar refractivity (Wildman–Crippen MR) is 70.9 cm³/mol. The van der Waals surface area contributed by atoms with E-state index in [9.17, 15) is 10.1 Å². The summed E-state index contributed by atoms with van der Waals surface area (Å²) in [7, 11) is 0. The van der Waals surface area contributed by atoms with E-state index in [2.05, 4.69) is 9.97 Å². The van der Waals surface area contributed by atoms with Crippen molar-refractivity contribution >= 4 is 16.7 Å². The number of aromatic nitrogens is 2. The summed E-state index contributed by atoms with van der Waals surface area (Å²) < 4.78 is 0. The topological polar surface area (TPSA) is 71.8 Å². The lowest BCUT2D eigenvalue weighted by molar-refractivity contribution is -0.383. The van der Waals surface area contributed by atoms with E-state index in [1.165, 1.54) is 0 Å². The van der Waals surface area contributed by atoms with Crippen LogP contribution in [0.2, 0.25) is 0 Å². The molecule has 0 aliphatic carbocycles. The Morgan fingerprint density at radius 2 is 2.00 bits per heavy atom. The molecule has 1 N–H and O–H groups in total. The molecule has 0 aliphatic heterocycles. The van der Waals surface area contributed by atoms with Crippen LogP contribution >= 0.6 is 0 Å². The molecule has 2 rings (SSSR count). The van der Waals surface area contributed by atoms with E-state index in [0.29, 0.717) is 11.9 Å². The Labute approximate surface area is 105 Å². The molecular formula is C13H17N3O2. The molecule has 0 spiro atoms. The SMILES string of the molecule is CCc1nc2c([N+](=O)[O-])c(CC)c(CC)cc2[nH]1. The third-order valence-corrected chi connectivity index (χ3v) is 3.25. The summed E-state index contributed by atoms with van der Waals surface area (Å²) in [4.78, 5) is 18.5. The van der Waals surface area contributed by atoms with Crippen LogP contribution in [0.1, 0.15) is 37.7 Å². The molecule has 5 heteroatoms. The van der Waals surface area contributed by atoms with Gasteiger partial charge in [0.15, 0.2) is 5.52 Å². The number of H-pyrrole nitrogens is 1. The van der Waals surface area contributed by atoms with Crippen LogP contribution in [0.15, 0.2) is 6.07 Å². The van der Waals surface area contributed by atoms with Gasteiger partial charge in [0.1, 0.15) is 5.82 Å². The van der Waals surface area contributed by atoms with Gasteiger partial charge in [-0.05, 0) is 24.5 Å². The second kappa shape index (κ2) is 4.76. The van der Waals surface area contributed by atoms with Crippen molar-refractivity contribution in [2.75, 3.05) is 0 Å². The van der Waals surface area contributed by atoms with Crippen molar-refractivity contribution in [3.05, 3.63) is 33.1 Å². The summed E-state index contributed by atoms with van der Waals surface area (Å²) in [6.45, 7) is 5.94. The van der Waals surface area contributed by atoms with Crippen LogP contribution in [-0.4, -0.2) is 14.9 Å². The normalized spacial score (nSPS) is 11.1. The number of rotatable bonds is 4. The summed E-state index contributed by atoms with van der Waals surface area (Å²) in [5.74, 6) is 0.795. The minimum atomic E-state index is -0.305. The lowest BCUT2D eigenvalue weighted by Gasteiger charge is -2.06. The molecule has 0 bridgehead atoms. The Morgan fingerprint density at radius 3 is 2.50 bits per heavy atom. The van der Waals surface area contributed by atoms with Crippen LogP contribution in [0.4, 0.5) is 5.69 Å². The first-order valence-electron chi connectivity index (χ1n) is 6.30. The van der Waals surface area contributed by atoms with Crippen LogP contribution in [0.5, 0.6) is 0 Å². The lowest BCUT2D eigenvalue weighted by atomic mass is 10.00. The quantitative estimate of drug-likeness (QED) is 0.666. The zero-order valence-corrected chi connectivity index (χ0v) is 10.9. The highest BCUT2D eigenvalue weighted by atomic mass is 16.6. The van der Waals surface area contributed by atoms with Crippen LogP contribution in [-0.2, 0) is 19.3 Å². The molecule has 18 heavy (non-hydrogen) atoms. The van der Waals surface area contributed by atoms with E-state index in [4.69, 9.17) is 0 Å². The molecule has 5 nitrogen and oxygen atoms in total. The highest BCUT2D eigenvalue weighted by molar-refractivity contribution is 5.87. The second-order valence-electron chi connectivity index (χ2n) is 4.26. The Bertz CT molecular complexity index is 602. The van der Waals surface area contributed by atoms with Crippen LogP contribution in [0.3, 0.4) is 0 Å².